The van der Waals surface area contributed by atoms with Crippen molar-refractivity contribution in [2.45, 2.75) is 6.18 Å². The van der Waals surface area contributed by atoms with Crippen molar-refractivity contribution in [3.8, 4) is 11.8 Å². The van der Waals surface area contributed by atoms with Crippen LogP contribution >= 0.6 is 11.6 Å². The highest BCUT2D eigenvalue weighted by Crippen LogP contribution is 2.27. The van der Waals surface area contributed by atoms with Crippen LogP contribution in [0.5, 0.6) is 0 Å². The fraction of sp³-hybridized carbons (Fsp3) is 0.222. The van der Waals surface area contributed by atoms with E-state index in [-0.39, 0.29) is 11.4 Å². The van der Waals surface area contributed by atoms with Crippen LogP contribution in [0, 0.1) is 11.8 Å². The van der Waals surface area contributed by atoms with E-state index in [1.54, 1.807) is 0 Å². The molecule has 0 saturated heterocycles. The zero-order valence-electron chi connectivity index (χ0n) is 6.90. The molecule has 14 heavy (non-hydrogen) atoms. The Morgan fingerprint density at radius 1 is 1.43 bits per heavy atom. The van der Waals surface area contributed by atoms with Crippen LogP contribution < -0.4 is 0 Å². The van der Waals surface area contributed by atoms with Gasteiger partial charge in [-0.3, -0.25) is 4.98 Å². The van der Waals surface area contributed by atoms with Gasteiger partial charge in [-0.2, -0.15) is 13.2 Å². The van der Waals surface area contributed by atoms with Crippen molar-refractivity contribution in [3.63, 3.8) is 0 Å². The predicted octanol–water partition coefficient (Wildman–Crippen LogP) is 2.69. The van der Waals surface area contributed by atoms with E-state index >= 15 is 0 Å². The van der Waals surface area contributed by atoms with E-state index in [9.17, 15) is 13.2 Å². The lowest BCUT2D eigenvalue weighted by Crippen LogP contribution is -2.07. The second kappa shape index (κ2) is 4.34. The fourth-order valence-electron chi connectivity index (χ4n) is 0.799. The molecule has 0 spiro atoms. The Balaban J connectivity index is 3.02. The Labute approximate surface area is 83.9 Å². The first-order valence-corrected chi connectivity index (χ1v) is 4.15. The van der Waals surface area contributed by atoms with Gasteiger partial charge < -0.3 is 0 Å². The van der Waals surface area contributed by atoms with Crippen molar-refractivity contribution >= 4 is 11.6 Å². The summed E-state index contributed by atoms with van der Waals surface area (Å²) >= 11 is 5.27. The number of hydrogen-bond acceptors (Lipinski definition) is 1. The molecule has 0 bridgehead atoms. The quantitative estimate of drug-likeness (QED) is 0.483. The third-order valence-corrected chi connectivity index (χ3v) is 1.48. The summed E-state index contributed by atoms with van der Waals surface area (Å²) in [6.07, 6.45) is -3.36. The van der Waals surface area contributed by atoms with Crippen molar-refractivity contribution in [2.24, 2.45) is 0 Å². The van der Waals surface area contributed by atoms with Crippen LogP contribution in [-0.2, 0) is 6.18 Å². The molecule has 0 aromatic carbocycles. The summed E-state index contributed by atoms with van der Waals surface area (Å²) < 4.78 is 36.5. The largest absolute Gasteiger partial charge is 0.433 e. The van der Waals surface area contributed by atoms with E-state index in [1.807, 2.05) is 0 Å². The Morgan fingerprint density at radius 2 is 2.14 bits per heavy atom. The first-order valence-electron chi connectivity index (χ1n) is 3.62. The maximum Gasteiger partial charge on any atom is 0.433 e. The molecule has 0 aliphatic carbocycles. The van der Waals surface area contributed by atoms with Crippen molar-refractivity contribution < 1.29 is 13.2 Å². The van der Waals surface area contributed by atoms with E-state index in [0.717, 1.165) is 12.3 Å². The minimum atomic E-state index is -4.43. The van der Waals surface area contributed by atoms with E-state index in [0.29, 0.717) is 0 Å². The van der Waals surface area contributed by atoms with Gasteiger partial charge in [0.1, 0.15) is 5.69 Å². The van der Waals surface area contributed by atoms with Crippen LogP contribution in [0.2, 0.25) is 0 Å². The van der Waals surface area contributed by atoms with Gasteiger partial charge in [0, 0.05) is 11.8 Å². The van der Waals surface area contributed by atoms with Gasteiger partial charge in [0.15, 0.2) is 0 Å². The molecule has 74 valence electrons. The van der Waals surface area contributed by atoms with Crippen LogP contribution in [0.1, 0.15) is 11.3 Å². The van der Waals surface area contributed by atoms with E-state index < -0.39 is 11.9 Å². The standard InChI is InChI=1S/C9H5ClF3N/c10-4-1-2-7-3-5-14-8(6-7)9(11,12)13/h3,5-6H,4H2. The molecule has 1 rings (SSSR count). The predicted molar refractivity (Wildman–Crippen MR) is 46.8 cm³/mol. The molecule has 0 atom stereocenters. The van der Waals surface area contributed by atoms with Gasteiger partial charge in [-0.15, -0.1) is 11.6 Å². The van der Waals surface area contributed by atoms with Crippen molar-refractivity contribution in [1.82, 2.24) is 4.98 Å². The molecule has 1 aromatic rings. The smallest absolute Gasteiger partial charge is 0.252 e. The number of pyridine rings is 1. The van der Waals surface area contributed by atoms with Gasteiger partial charge in [-0.1, -0.05) is 11.8 Å². The lowest BCUT2D eigenvalue weighted by atomic mass is 10.2. The molecule has 1 nitrogen and oxygen atoms in total. The summed E-state index contributed by atoms with van der Waals surface area (Å²) in [5.41, 5.74) is -0.688. The number of hydrogen-bond donors (Lipinski definition) is 0. The second-order valence-electron chi connectivity index (χ2n) is 2.36. The van der Waals surface area contributed by atoms with Gasteiger partial charge in [0.25, 0.3) is 0 Å². The van der Waals surface area contributed by atoms with Gasteiger partial charge in [-0.05, 0) is 12.1 Å². The molecule has 0 amide bonds. The van der Waals surface area contributed by atoms with E-state index in [2.05, 4.69) is 16.8 Å². The minimum Gasteiger partial charge on any atom is -0.252 e. The first-order chi connectivity index (χ1) is 6.54. The number of rotatable bonds is 0. The van der Waals surface area contributed by atoms with Crippen molar-refractivity contribution in [3.05, 3.63) is 29.6 Å². The molecule has 0 saturated carbocycles. The monoisotopic (exact) mass is 219 g/mol. The van der Waals surface area contributed by atoms with Crippen LogP contribution in [0.3, 0.4) is 0 Å². The number of alkyl halides is 4. The molecule has 1 aromatic heterocycles. The highest BCUT2D eigenvalue weighted by molar-refractivity contribution is 6.19. The van der Waals surface area contributed by atoms with E-state index in [1.165, 1.54) is 6.07 Å². The summed E-state index contributed by atoms with van der Waals surface area (Å²) in [5.74, 6) is 5.04. The summed E-state index contributed by atoms with van der Waals surface area (Å²) in [6.45, 7) is 0. The SMILES string of the molecule is FC(F)(F)c1cc(C#CCCl)ccn1. The average Bonchev–Trinajstić information content (AvgIpc) is 2.14. The average molecular weight is 220 g/mol. The first kappa shape index (κ1) is 10.9. The lowest BCUT2D eigenvalue weighted by molar-refractivity contribution is -0.141. The summed E-state index contributed by atoms with van der Waals surface area (Å²) in [6, 6.07) is 2.29. The highest BCUT2D eigenvalue weighted by Gasteiger charge is 2.32. The maximum atomic E-state index is 12.2. The molecule has 0 radical (unpaired) electrons. The van der Waals surface area contributed by atoms with E-state index in [4.69, 9.17) is 11.6 Å². The molecule has 0 N–H and O–H groups in total. The maximum absolute atomic E-state index is 12.2. The van der Waals surface area contributed by atoms with Gasteiger partial charge in [0.2, 0.25) is 0 Å². The Bertz CT molecular complexity index is 376. The molecule has 1 heterocycles. The van der Waals surface area contributed by atoms with Crippen molar-refractivity contribution in [1.29, 1.82) is 0 Å². The van der Waals surface area contributed by atoms with Crippen LogP contribution in [0.25, 0.3) is 0 Å². The molecule has 5 heteroatoms. The molecule has 0 aliphatic heterocycles. The molecule has 0 fully saturated rings. The zero-order valence-corrected chi connectivity index (χ0v) is 7.65. The summed E-state index contributed by atoms with van der Waals surface area (Å²) in [5, 5.41) is 0. The third-order valence-electron chi connectivity index (χ3n) is 1.35. The molecule has 0 unspecified atom stereocenters. The lowest BCUT2D eigenvalue weighted by Gasteiger charge is -2.04. The van der Waals surface area contributed by atoms with Gasteiger partial charge in [0.05, 0.1) is 5.88 Å². The minimum absolute atomic E-state index is 0.0870. The highest BCUT2D eigenvalue weighted by atomic mass is 35.5. The summed E-state index contributed by atoms with van der Waals surface area (Å²) in [4.78, 5) is 3.19. The van der Waals surface area contributed by atoms with Gasteiger partial charge >= 0.3 is 6.18 Å². The number of halogens is 4. The van der Waals surface area contributed by atoms with Crippen molar-refractivity contribution in [2.75, 3.05) is 5.88 Å². The molecular weight excluding hydrogens is 215 g/mol. The van der Waals surface area contributed by atoms with Crippen LogP contribution in [0.4, 0.5) is 13.2 Å². The molecular formula is C9H5ClF3N. The molecule has 0 aliphatic rings. The fourth-order valence-corrected chi connectivity index (χ4v) is 0.866. The number of aromatic nitrogens is 1. The normalized spacial score (nSPS) is 10.6. The zero-order chi connectivity index (χ0) is 10.6. The Morgan fingerprint density at radius 3 is 2.71 bits per heavy atom. The van der Waals surface area contributed by atoms with Gasteiger partial charge in [-0.25, -0.2) is 0 Å². The third kappa shape index (κ3) is 2.93. The van der Waals surface area contributed by atoms with Crippen LogP contribution in [0.15, 0.2) is 18.3 Å². The Hall–Kier alpha value is -1.21. The second-order valence-corrected chi connectivity index (χ2v) is 2.63. The summed E-state index contributed by atoms with van der Waals surface area (Å²) in [7, 11) is 0. The number of nitrogens with zero attached hydrogens (tertiary/aromatic N) is 1. The topological polar surface area (TPSA) is 12.9 Å². The van der Waals surface area contributed by atoms with Crippen LogP contribution in [-0.4, -0.2) is 10.9 Å². The Kier molecular flexibility index (Phi) is 3.37.